The summed E-state index contributed by atoms with van der Waals surface area (Å²) in [6, 6.07) is 7.74. The molecule has 3 radical (unpaired) electrons. The first kappa shape index (κ1) is 8.53. The molecule has 0 atom stereocenters. The normalized spacial score (nSPS) is 9.64. The van der Waals surface area contributed by atoms with Crippen LogP contribution in [0.15, 0.2) is 24.3 Å². The van der Waals surface area contributed by atoms with Crippen molar-refractivity contribution in [2.24, 2.45) is 0 Å². The van der Waals surface area contributed by atoms with Crippen molar-refractivity contribution in [3.05, 3.63) is 35.4 Å². The van der Waals surface area contributed by atoms with Crippen molar-refractivity contribution in [2.45, 2.75) is 13.3 Å². The van der Waals surface area contributed by atoms with Gasteiger partial charge in [0.15, 0.2) is 0 Å². The summed E-state index contributed by atoms with van der Waals surface area (Å²) in [7, 11) is 0. The Morgan fingerprint density at radius 3 is 2.55 bits per heavy atom. The third-order valence-corrected chi connectivity index (χ3v) is 2.21. The van der Waals surface area contributed by atoms with Crippen LogP contribution >= 0.6 is 0 Å². The van der Waals surface area contributed by atoms with Crippen LogP contribution in [0.4, 0.5) is 0 Å². The Balaban J connectivity index is 3.12. The van der Waals surface area contributed by atoms with Gasteiger partial charge in [-0.05, 0) is 0 Å². The van der Waals surface area contributed by atoms with Gasteiger partial charge in [0.2, 0.25) is 0 Å². The van der Waals surface area contributed by atoms with Crippen molar-refractivity contribution in [2.75, 3.05) is 0 Å². The quantitative estimate of drug-likeness (QED) is 0.670. The van der Waals surface area contributed by atoms with Gasteiger partial charge in [-0.1, -0.05) is 0 Å². The fraction of sp³-hybridized carbons (Fsp3) is 0.222. The van der Waals surface area contributed by atoms with Gasteiger partial charge in [0.1, 0.15) is 0 Å². The Morgan fingerprint density at radius 1 is 1.45 bits per heavy atom. The van der Waals surface area contributed by atoms with E-state index in [0.29, 0.717) is 0 Å². The third-order valence-electron chi connectivity index (χ3n) is 1.64. The minimum absolute atomic E-state index is 0.155. The molecule has 0 unspecified atom stereocenters. The molecule has 2 heteroatoms. The van der Waals surface area contributed by atoms with Gasteiger partial charge in [-0.15, -0.1) is 0 Å². The van der Waals surface area contributed by atoms with E-state index in [1.807, 2.05) is 24.3 Å². The molecule has 0 aromatic heterocycles. The first-order chi connectivity index (χ1) is 5.25. The molecule has 0 fully saturated rings. The zero-order valence-corrected chi connectivity index (χ0v) is 8.52. The average molecular weight is 206 g/mol. The van der Waals surface area contributed by atoms with Crippen molar-refractivity contribution in [3.8, 4) is 0 Å². The summed E-state index contributed by atoms with van der Waals surface area (Å²) < 4.78 is 0.155. The predicted octanol–water partition coefficient (Wildman–Crippen LogP) is 1.56. The number of benzene rings is 1. The minimum atomic E-state index is 0.155. The Morgan fingerprint density at radius 2 is 2.09 bits per heavy atom. The van der Waals surface area contributed by atoms with Crippen LogP contribution in [0.5, 0.6) is 0 Å². The van der Waals surface area contributed by atoms with Gasteiger partial charge in [0, 0.05) is 0 Å². The SMILES string of the molecule is CCc1ccccc1[C](=O)[Ge]. The average Bonchev–Trinajstić information content (AvgIpc) is 2.04. The molecule has 55 valence electrons. The van der Waals surface area contributed by atoms with Gasteiger partial charge in [0.05, 0.1) is 0 Å². The van der Waals surface area contributed by atoms with Crippen LogP contribution < -0.4 is 0 Å². The van der Waals surface area contributed by atoms with Crippen LogP contribution in [0.1, 0.15) is 22.8 Å². The Hall–Kier alpha value is -0.567. The first-order valence-electron chi connectivity index (χ1n) is 3.59. The summed E-state index contributed by atoms with van der Waals surface area (Å²) in [5.74, 6) is 0. The van der Waals surface area contributed by atoms with Crippen molar-refractivity contribution >= 4 is 21.1 Å². The molecule has 0 aliphatic rings. The van der Waals surface area contributed by atoms with Crippen LogP contribution in [0.25, 0.3) is 0 Å². The Labute approximate surface area is 75.0 Å². The van der Waals surface area contributed by atoms with Gasteiger partial charge >= 0.3 is 74.7 Å². The van der Waals surface area contributed by atoms with E-state index in [9.17, 15) is 4.79 Å². The van der Waals surface area contributed by atoms with Crippen molar-refractivity contribution in [1.82, 2.24) is 0 Å². The number of carbonyl (C=O) groups excluding carboxylic acids is 1. The van der Waals surface area contributed by atoms with Gasteiger partial charge in [-0.25, -0.2) is 0 Å². The van der Waals surface area contributed by atoms with E-state index < -0.39 is 0 Å². The molecule has 0 saturated carbocycles. The van der Waals surface area contributed by atoms with Crippen LogP contribution in [0.3, 0.4) is 0 Å². The van der Waals surface area contributed by atoms with Crippen LogP contribution in [-0.2, 0) is 6.42 Å². The number of carbonyl (C=O) groups is 1. The predicted molar refractivity (Wildman–Crippen MR) is 45.9 cm³/mol. The standard InChI is InChI=1S/C9H9GeO/c1-2-7-5-3-4-6-8(7)9(10)11/h3-6H,2H2,1H3. The second-order valence-electron chi connectivity index (χ2n) is 2.34. The molecule has 0 saturated heterocycles. The van der Waals surface area contributed by atoms with Crippen LogP contribution in [0, 0.1) is 0 Å². The van der Waals surface area contributed by atoms with E-state index in [2.05, 4.69) is 6.92 Å². The molecule has 1 nitrogen and oxygen atoms in total. The monoisotopic (exact) mass is 207 g/mol. The van der Waals surface area contributed by atoms with E-state index in [-0.39, 0.29) is 4.62 Å². The number of hydrogen-bond donors (Lipinski definition) is 0. The third kappa shape index (κ3) is 1.93. The van der Waals surface area contributed by atoms with Gasteiger partial charge in [-0.2, -0.15) is 0 Å². The summed E-state index contributed by atoms with van der Waals surface area (Å²) in [6.07, 6.45) is 0.926. The molecule has 1 aromatic rings. The van der Waals surface area contributed by atoms with Gasteiger partial charge < -0.3 is 0 Å². The van der Waals surface area contributed by atoms with E-state index in [1.54, 1.807) is 16.5 Å². The summed E-state index contributed by atoms with van der Waals surface area (Å²) in [6.45, 7) is 2.06. The Kier molecular flexibility index (Phi) is 2.88. The molecular formula is C9H9GeO. The van der Waals surface area contributed by atoms with E-state index in [0.717, 1.165) is 17.5 Å². The van der Waals surface area contributed by atoms with Crippen molar-refractivity contribution < 1.29 is 4.79 Å². The topological polar surface area (TPSA) is 17.1 Å². The molecule has 1 rings (SSSR count). The van der Waals surface area contributed by atoms with Gasteiger partial charge in [-0.3, -0.25) is 0 Å². The molecule has 11 heavy (non-hydrogen) atoms. The number of aryl methyl sites for hydroxylation is 1. The van der Waals surface area contributed by atoms with Crippen LogP contribution in [-0.4, -0.2) is 21.1 Å². The number of rotatable bonds is 2. The molecule has 0 spiro atoms. The summed E-state index contributed by atoms with van der Waals surface area (Å²) >= 11 is 1.61. The Bertz CT molecular complexity index is 268. The second-order valence-corrected chi connectivity index (χ2v) is 3.29. The maximum atomic E-state index is 11.0. The van der Waals surface area contributed by atoms with Crippen LogP contribution in [0.2, 0.25) is 0 Å². The number of hydrogen-bond acceptors (Lipinski definition) is 1. The summed E-state index contributed by atoms with van der Waals surface area (Å²) in [5, 5.41) is 0. The van der Waals surface area contributed by atoms with Crippen molar-refractivity contribution in [3.63, 3.8) is 0 Å². The maximum absolute atomic E-state index is 11.0. The molecule has 0 aliphatic heterocycles. The zero-order valence-electron chi connectivity index (χ0n) is 6.42. The molecule has 0 bridgehead atoms. The first-order valence-corrected chi connectivity index (χ1v) is 4.64. The fourth-order valence-corrected chi connectivity index (χ4v) is 1.56. The molecular weight excluding hydrogens is 197 g/mol. The zero-order chi connectivity index (χ0) is 8.27. The molecule has 0 aliphatic carbocycles. The van der Waals surface area contributed by atoms with Crippen molar-refractivity contribution in [1.29, 1.82) is 0 Å². The van der Waals surface area contributed by atoms with E-state index in [1.165, 1.54) is 0 Å². The second kappa shape index (κ2) is 3.72. The van der Waals surface area contributed by atoms with E-state index >= 15 is 0 Å². The fourth-order valence-electron chi connectivity index (χ4n) is 1.05. The molecule has 0 heterocycles. The summed E-state index contributed by atoms with van der Waals surface area (Å²) in [4.78, 5) is 11.0. The van der Waals surface area contributed by atoms with E-state index in [4.69, 9.17) is 0 Å². The van der Waals surface area contributed by atoms with Gasteiger partial charge in [0.25, 0.3) is 0 Å². The molecule has 0 N–H and O–H groups in total. The molecule has 0 amide bonds. The summed E-state index contributed by atoms with van der Waals surface area (Å²) in [5.41, 5.74) is 2.00. The molecule has 1 aromatic carbocycles.